The first-order valence-electron chi connectivity index (χ1n) is 7.07. The van der Waals surface area contributed by atoms with Crippen molar-refractivity contribution < 1.29 is 14.3 Å². The van der Waals surface area contributed by atoms with Gasteiger partial charge in [-0.3, -0.25) is 4.79 Å². The van der Waals surface area contributed by atoms with Crippen LogP contribution < -0.4 is 0 Å². The fourth-order valence-corrected chi connectivity index (χ4v) is 3.00. The maximum absolute atomic E-state index is 12.6. The molecular formula is C15H23NO3. The Labute approximate surface area is 114 Å². The van der Waals surface area contributed by atoms with E-state index in [2.05, 4.69) is 19.9 Å². The first-order chi connectivity index (χ1) is 8.91. The Kier molecular flexibility index (Phi) is 3.97. The predicted octanol–water partition coefficient (Wildman–Crippen LogP) is 2.98. The van der Waals surface area contributed by atoms with Gasteiger partial charge in [-0.25, -0.2) is 9.69 Å². The summed E-state index contributed by atoms with van der Waals surface area (Å²) in [5.74, 6) is 0.373. The zero-order valence-corrected chi connectivity index (χ0v) is 12.2. The van der Waals surface area contributed by atoms with Crippen LogP contribution in [0.15, 0.2) is 11.6 Å². The van der Waals surface area contributed by atoms with Gasteiger partial charge in [-0.2, -0.15) is 0 Å². The molecule has 2 amide bonds. The Morgan fingerprint density at radius 2 is 2.16 bits per heavy atom. The molecule has 3 atom stereocenters. The van der Waals surface area contributed by atoms with Crippen molar-refractivity contribution in [1.82, 2.24) is 4.90 Å². The number of imide groups is 1. The molecule has 4 nitrogen and oxygen atoms in total. The third-order valence-corrected chi connectivity index (χ3v) is 4.28. The lowest BCUT2D eigenvalue weighted by Crippen LogP contribution is -2.46. The van der Waals surface area contributed by atoms with Crippen LogP contribution in [-0.4, -0.2) is 29.5 Å². The Morgan fingerprint density at radius 1 is 1.47 bits per heavy atom. The topological polar surface area (TPSA) is 46.6 Å². The van der Waals surface area contributed by atoms with E-state index in [1.807, 2.05) is 13.8 Å². The van der Waals surface area contributed by atoms with Crippen LogP contribution in [-0.2, 0) is 9.53 Å². The highest BCUT2D eigenvalue weighted by atomic mass is 16.6. The Morgan fingerprint density at radius 3 is 2.74 bits per heavy atom. The van der Waals surface area contributed by atoms with Gasteiger partial charge in [-0.1, -0.05) is 32.4 Å². The number of cyclic esters (lactones) is 1. The van der Waals surface area contributed by atoms with Gasteiger partial charge >= 0.3 is 6.09 Å². The van der Waals surface area contributed by atoms with Gasteiger partial charge in [0.25, 0.3) is 0 Å². The van der Waals surface area contributed by atoms with Crippen LogP contribution in [0.1, 0.15) is 40.5 Å². The molecule has 0 saturated carbocycles. The number of allylic oxidation sites excluding steroid dienone is 2. The van der Waals surface area contributed by atoms with E-state index in [0.29, 0.717) is 12.5 Å². The molecule has 0 bridgehead atoms. The SMILES string of the molecule is CC1=CC[C@H](C(=O)N2C(=O)OC[C@@H]2C(C)C)[C@@H](C)C1. The molecule has 1 fully saturated rings. The first kappa shape index (κ1) is 14.1. The quantitative estimate of drug-likeness (QED) is 0.721. The average molecular weight is 265 g/mol. The summed E-state index contributed by atoms with van der Waals surface area (Å²) in [4.78, 5) is 25.8. The minimum Gasteiger partial charge on any atom is -0.447 e. The summed E-state index contributed by atoms with van der Waals surface area (Å²) in [5.41, 5.74) is 1.33. The first-order valence-corrected chi connectivity index (χ1v) is 7.07. The van der Waals surface area contributed by atoms with Crippen LogP contribution in [0, 0.1) is 17.8 Å². The number of rotatable bonds is 2. The van der Waals surface area contributed by atoms with Crippen molar-refractivity contribution in [1.29, 1.82) is 0 Å². The standard InChI is InChI=1S/C15H23NO3/c1-9(2)13-8-19-15(18)16(13)14(17)12-6-5-10(3)7-11(12)4/h5,9,11-13H,6-8H2,1-4H3/t11-,12-,13+/m0/s1. The normalized spacial score (nSPS) is 31.4. The molecule has 0 aromatic carbocycles. The van der Waals surface area contributed by atoms with Crippen molar-refractivity contribution >= 4 is 12.0 Å². The third kappa shape index (κ3) is 2.67. The molecule has 0 aromatic heterocycles. The van der Waals surface area contributed by atoms with E-state index in [1.165, 1.54) is 10.5 Å². The lowest BCUT2D eigenvalue weighted by molar-refractivity contribution is -0.135. The zero-order chi connectivity index (χ0) is 14.2. The predicted molar refractivity (Wildman–Crippen MR) is 72.5 cm³/mol. The highest BCUT2D eigenvalue weighted by Gasteiger charge is 2.43. The minimum absolute atomic E-state index is 0.0579. The molecule has 4 heteroatoms. The van der Waals surface area contributed by atoms with Crippen molar-refractivity contribution in [2.45, 2.75) is 46.6 Å². The zero-order valence-electron chi connectivity index (χ0n) is 12.2. The van der Waals surface area contributed by atoms with Crippen molar-refractivity contribution in [2.75, 3.05) is 6.61 Å². The highest BCUT2D eigenvalue weighted by Crippen LogP contribution is 2.33. The third-order valence-electron chi connectivity index (χ3n) is 4.28. The van der Waals surface area contributed by atoms with E-state index in [1.54, 1.807) is 0 Å². The van der Waals surface area contributed by atoms with Crippen LogP contribution in [0.2, 0.25) is 0 Å². The van der Waals surface area contributed by atoms with Crippen LogP contribution in [0.3, 0.4) is 0 Å². The molecule has 0 N–H and O–H groups in total. The van der Waals surface area contributed by atoms with Gasteiger partial charge < -0.3 is 4.74 Å². The fraction of sp³-hybridized carbons (Fsp3) is 0.733. The van der Waals surface area contributed by atoms with E-state index in [0.717, 1.165) is 12.8 Å². The van der Waals surface area contributed by atoms with E-state index < -0.39 is 6.09 Å². The summed E-state index contributed by atoms with van der Waals surface area (Å²) in [5, 5.41) is 0. The summed E-state index contributed by atoms with van der Waals surface area (Å²) in [6.07, 6.45) is 3.32. The average Bonchev–Trinajstić information content (AvgIpc) is 2.70. The van der Waals surface area contributed by atoms with Crippen LogP contribution >= 0.6 is 0 Å². The van der Waals surface area contributed by atoms with Gasteiger partial charge in [0.1, 0.15) is 6.61 Å². The van der Waals surface area contributed by atoms with Gasteiger partial charge in [0, 0.05) is 5.92 Å². The molecule has 1 heterocycles. The molecule has 2 aliphatic rings. The molecule has 0 unspecified atom stereocenters. The molecule has 0 aromatic rings. The molecule has 0 spiro atoms. The van der Waals surface area contributed by atoms with Crippen LogP contribution in [0.5, 0.6) is 0 Å². The van der Waals surface area contributed by atoms with Crippen molar-refractivity contribution in [3.63, 3.8) is 0 Å². The maximum atomic E-state index is 12.6. The number of nitrogens with zero attached hydrogens (tertiary/aromatic N) is 1. The van der Waals surface area contributed by atoms with Gasteiger partial charge in [0.15, 0.2) is 0 Å². The van der Waals surface area contributed by atoms with Crippen LogP contribution in [0.4, 0.5) is 4.79 Å². The summed E-state index contributed by atoms with van der Waals surface area (Å²) in [7, 11) is 0. The van der Waals surface area contributed by atoms with Crippen molar-refractivity contribution in [3.05, 3.63) is 11.6 Å². The second-order valence-corrected chi connectivity index (χ2v) is 6.17. The fourth-order valence-electron chi connectivity index (χ4n) is 3.00. The summed E-state index contributed by atoms with van der Waals surface area (Å²) < 4.78 is 5.06. The molecule has 0 radical (unpaired) electrons. The Hall–Kier alpha value is -1.32. The molecule has 1 aliphatic carbocycles. The lowest BCUT2D eigenvalue weighted by Gasteiger charge is -2.31. The second kappa shape index (κ2) is 5.35. The second-order valence-electron chi connectivity index (χ2n) is 6.17. The van der Waals surface area contributed by atoms with E-state index >= 15 is 0 Å². The summed E-state index contributed by atoms with van der Waals surface area (Å²) >= 11 is 0. The van der Waals surface area contributed by atoms with Gasteiger partial charge in [0.2, 0.25) is 5.91 Å². The number of carbonyl (C=O) groups is 2. The van der Waals surface area contributed by atoms with Gasteiger partial charge in [-0.05, 0) is 31.6 Å². The van der Waals surface area contributed by atoms with Crippen molar-refractivity contribution in [2.24, 2.45) is 17.8 Å². The number of carbonyl (C=O) groups excluding carboxylic acids is 2. The molecule has 1 aliphatic heterocycles. The lowest BCUT2D eigenvalue weighted by atomic mass is 9.80. The van der Waals surface area contributed by atoms with E-state index in [9.17, 15) is 9.59 Å². The Bertz CT molecular complexity index is 414. The summed E-state index contributed by atoms with van der Waals surface area (Å²) in [6.45, 7) is 8.55. The number of hydrogen-bond acceptors (Lipinski definition) is 3. The number of ether oxygens (including phenoxy) is 1. The molecule has 19 heavy (non-hydrogen) atoms. The van der Waals surface area contributed by atoms with Crippen LogP contribution in [0.25, 0.3) is 0 Å². The molecule has 106 valence electrons. The highest BCUT2D eigenvalue weighted by molar-refractivity contribution is 5.95. The number of amides is 2. The minimum atomic E-state index is -0.470. The molecule has 2 rings (SSSR count). The summed E-state index contributed by atoms with van der Waals surface area (Å²) in [6, 6.07) is -0.112. The largest absolute Gasteiger partial charge is 0.447 e. The smallest absolute Gasteiger partial charge is 0.416 e. The monoisotopic (exact) mass is 265 g/mol. The van der Waals surface area contributed by atoms with Gasteiger partial charge in [0.05, 0.1) is 6.04 Å². The Balaban J connectivity index is 2.16. The molecule has 1 saturated heterocycles. The van der Waals surface area contributed by atoms with E-state index in [4.69, 9.17) is 4.74 Å². The molecular weight excluding hydrogens is 242 g/mol. The van der Waals surface area contributed by atoms with Crippen molar-refractivity contribution in [3.8, 4) is 0 Å². The van der Waals surface area contributed by atoms with Gasteiger partial charge in [-0.15, -0.1) is 0 Å². The number of hydrogen-bond donors (Lipinski definition) is 0. The van der Waals surface area contributed by atoms with E-state index in [-0.39, 0.29) is 23.8 Å². The maximum Gasteiger partial charge on any atom is 0.416 e.